The lowest BCUT2D eigenvalue weighted by molar-refractivity contribution is -0.126. The van der Waals surface area contributed by atoms with Gasteiger partial charge in [-0.1, -0.05) is 23.7 Å². The molecular weight excluding hydrogens is 326 g/mol. The van der Waals surface area contributed by atoms with Crippen molar-refractivity contribution in [3.05, 3.63) is 58.9 Å². The highest BCUT2D eigenvalue weighted by Gasteiger charge is 2.35. The summed E-state index contributed by atoms with van der Waals surface area (Å²) in [5.74, 6) is -0.529. The Kier molecular flexibility index (Phi) is 4.81. The zero-order chi connectivity index (χ0) is 17.1. The zero-order valence-electron chi connectivity index (χ0n) is 13.3. The predicted molar refractivity (Wildman–Crippen MR) is 92.7 cm³/mol. The van der Waals surface area contributed by atoms with Crippen molar-refractivity contribution in [1.29, 1.82) is 0 Å². The first kappa shape index (κ1) is 16.5. The summed E-state index contributed by atoms with van der Waals surface area (Å²) < 4.78 is 0. The maximum absolute atomic E-state index is 12.3. The van der Waals surface area contributed by atoms with Crippen LogP contribution in [0.4, 0.5) is 5.69 Å². The first-order valence-electron chi connectivity index (χ1n) is 7.77. The Morgan fingerprint density at radius 2 is 2.25 bits per heavy atom. The van der Waals surface area contributed by atoms with Crippen LogP contribution in [0.2, 0.25) is 5.02 Å². The monoisotopic (exact) mass is 343 g/mol. The van der Waals surface area contributed by atoms with Crippen molar-refractivity contribution < 1.29 is 9.59 Å². The summed E-state index contributed by atoms with van der Waals surface area (Å²) in [7, 11) is 0. The van der Waals surface area contributed by atoms with E-state index in [1.807, 2.05) is 31.2 Å². The molecule has 1 saturated heterocycles. The van der Waals surface area contributed by atoms with E-state index in [1.165, 1.54) is 0 Å². The molecule has 1 atom stereocenters. The highest BCUT2D eigenvalue weighted by molar-refractivity contribution is 6.31. The molecule has 2 aromatic rings. The van der Waals surface area contributed by atoms with Crippen molar-refractivity contribution in [3.8, 4) is 0 Å². The summed E-state index contributed by atoms with van der Waals surface area (Å²) in [5, 5.41) is 3.49. The first-order chi connectivity index (χ1) is 11.5. The van der Waals surface area contributed by atoms with Crippen LogP contribution >= 0.6 is 11.6 Å². The Labute approximate surface area is 145 Å². The molecule has 0 spiro atoms. The average molecular weight is 344 g/mol. The van der Waals surface area contributed by atoms with Gasteiger partial charge in [0.1, 0.15) is 0 Å². The molecule has 5 nitrogen and oxygen atoms in total. The van der Waals surface area contributed by atoms with Crippen LogP contribution in [0.15, 0.2) is 42.7 Å². The quantitative estimate of drug-likeness (QED) is 0.928. The molecule has 0 saturated carbocycles. The first-order valence-corrected chi connectivity index (χ1v) is 8.15. The van der Waals surface area contributed by atoms with Gasteiger partial charge in [-0.05, 0) is 36.2 Å². The highest BCUT2D eigenvalue weighted by atomic mass is 35.5. The number of pyridine rings is 1. The van der Waals surface area contributed by atoms with Crippen LogP contribution in [0.25, 0.3) is 0 Å². The van der Waals surface area contributed by atoms with E-state index in [0.717, 1.165) is 16.8 Å². The van der Waals surface area contributed by atoms with E-state index in [0.29, 0.717) is 18.1 Å². The number of amides is 2. The topological polar surface area (TPSA) is 62.3 Å². The van der Waals surface area contributed by atoms with E-state index in [9.17, 15) is 9.59 Å². The molecule has 1 aliphatic rings. The number of carbonyl (C=O) groups excluding carboxylic acids is 2. The lowest BCUT2D eigenvalue weighted by Gasteiger charge is -2.17. The van der Waals surface area contributed by atoms with Gasteiger partial charge in [0.2, 0.25) is 11.8 Å². The highest BCUT2D eigenvalue weighted by Crippen LogP contribution is 2.28. The van der Waals surface area contributed by atoms with Crippen LogP contribution in [-0.2, 0) is 16.1 Å². The molecule has 2 heterocycles. The molecule has 0 aliphatic carbocycles. The van der Waals surface area contributed by atoms with Gasteiger partial charge in [0.05, 0.1) is 5.92 Å². The van der Waals surface area contributed by atoms with E-state index in [4.69, 9.17) is 11.6 Å². The van der Waals surface area contributed by atoms with Crippen LogP contribution in [0.5, 0.6) is 0 Å². The number of hydrogen-bond acceptors (Lipinski definition) is 3. The molecule has 0 radical (unpaired) electrons. The van der Waals surface area contributed by atoms with Gasteiger partial charge in [-0.3, -0.25) is 14.6 Å². The summed E-state index contributed by atoms with van der Waals surface area (Å²) in [6.07, 6.45) is 3.61. The molecule has 3 rings (SSSR count). The Morgan fingerprint density at radius 3 is 2.96 bits per heavy atom. The minimum Gasteiger partial charge on any atom is -0.352 e. The molecule has 1 aliphatic heterocycles. The summed E-state index contributed by atoms with van der Waals surface area (Å²) in [4.78, 5) is 30.2. The number of hydrogen-bond donors (Lipinski definition) is 1. The Hall–Kier alpha value is -2.40. The fourth-order valence-electron chi connectivity index (χ4n) is 2.72. The minimum atomic E-state index is -0.353. The van der Waals surface area contributed by atoms with Crippen molar-refractivity contribution in [2.45, 2.75) is 19.9 Å². The van der Waals surface area contributed by atoms with Crippen molar-refractivity contribution in [1.82, 2.24) is 10.3 Å². The molecule has 1 aromatic carbocycles. The fraction of sp³-hybridized carbons (Fsp3) is 0.278. The second kappa shape index (κ2) is 7.01. The number of aromatic nitrogens is 1. The van der Waals surface area contributed by atoms with Crippen molar-refractivity contribution in [3.63, 3.8) is 0 Å². The van der Waals surface area contributed by atoms with E-state index < -0.39 is 0 Å². The number of rotatable bonds is 4. The number of benzene rings is 1. The van der Waals surface area contributed by atoms with Crippen LogP contribution in [-0.4, -0.2) is 23.3 Å². The largest absolute Gasteiger partial charge is 0.352 e. The lowest BCUT2D eigenvalue weighted by atomic mass is 10.1. The third-order valence-electron chi connectivity index (χ3n) is 4.15. The molecule has 0 bridgehead atoms. The number of nitrogens with zero attached hydrogens (tertiary/aromatic N) is 2. The summed E-state index contributed by atoms with van der Waals surface area (Å²) >= 11 is 6.13. The molecule has 1 fully saturated rings. The minimum absolute atomic E-state index is 0.0588. The fourth-order valence-corrected chi connectivity index (χ4v) is 2.89. The van der Waals surface area contributed by atoms with Crippen LogP contribution in [0.1, 0.15) is 17.5 Å². The Bertz CT molecular complexity index is 764. The van der Waals surface area contributed by atoms with Crippen LogP contribution in [0.3, 0.4) is 0 Å². The zero-order valence-corrected chi connectivity index (χ0v) is 14.1. The average Bonchev–Trinajstić information content (AvgIpc) is 2.98. The lowest BCUT2D eigenvalue weighted by Crippen LogP contribution is -2.32. The molecule has 1 N–H and O–H groups in total. The normalized spacial score (nSPS) is 17.2. The van der Waals surface area contributed by atoms with Crippen molar-refractivity contribution >= 4 is 29.1 Å². The molecule has 2 amide bonds. The maximum atomic E-state index is 12.3. The van der Waals surface area contributed by atoms with Gasteiger partial charge in [-0.15, -0.1) is 0 Å². The second-order valence-corrected chi connectivity index (χ2v) is 6.33. The molecule has 24 heavy (non-hydrogen) atoms. The van der Waals surface area contributed by atoms with Gasteiger partial charge < -0.3 is 10.2 Å². The standard InChI is InChI=1S/C18H18ClN3O2/c1-12-4-5-15(8-16(12)19)22-11-14(7-17(22)23)18(24)21-10-13-3-2-6-20-9-13/h2-6,8-9,14H,7,10-11H2,1H3,(H,21,24)/t14-/m1/s1. The van der Waals surface area contributed by atoms with Gasteiger partial charge >= 0.3 is 0 Å². The van der Waals surface area contributed by atoms with E-state index in [1.54, 1.807) is 23.4 Å². The van der Waals surface area contributed by atoms with Gasteiger partial charge in [0, 0.05) is 42.6 Å². The molecule has 6 heteroatoms. The van der Waals surface area contributed by atoms with Gasteiger partial charge in [-0.25, -0.2) is 0 Å². The Morgan fingerprint density at radius 1 is 1.42 bits per heavy atom. The van der Waals surface area contributed by atoms with Crippen LogP contribution in [0, 0.1) is 12.8 Å². The van der Waals surface area contributed by atoms with E-state index >= 15 is 0 Å². The Balaban J connectivity index is 1.63. The summed E-state index contributed by atoms with van der Waals surface area (Å²) in [6.45, 7) is 2.69. The third kappa shape index (κ3) is 3.57. The van der Waals surface area contributed by atoms with E-state index in [2.05, 4.69) is 10.3 Å². The summed E-state index contributed by atoms with van der Waals surface area (Å²) in [5.41, 5.74) is 2.62. The summed E-state index contributed by atoms with van der Waals surface area (Å²) in [6, 6.07) is 9.22. The predicted octanol–water partition coefficient (Wildman–Crippen LogP) is 2.71. The van der Waals surface area contributed by atoms with Gasteiger partial charge in [-0.2, -0.15) is 0 Å². The number of aryl methyl sites for hydroxylation is 1. The number of halogens is 1. The van der Waals surface area contributed by atoms with E-state index in [-0.39, 0.29) is 24.2 Å². The van der Waals surface area contributed by atoms with Gasteiger partial charge in [0.25, 0.3) is 0 Å². The molecular formula is C18H18ClN3O2. The second-order valence-electron chi connectivity index (χ2n) is 5.92. The third-order valence-corrected chi connectivity index (χ3v) is 4.56. The SMILES string of the molecule is Cc1ccc(N2C[C@H](C(=O)NCc3cccnc3)CC2=O)cc1Cl. The molecule has 0 unspecified atom stereocenters. The van der Waals surface area contributed by atoms with Gasteiger partial charge in [0.15, 0.2) is 0 Å². The van der Waals surface area contributed by atoms with Crippen molar-refractivity contribution in [2.75, 3.05) is 11.4 Å². The maximum Gasteiger partial charge on any atom is 0.227 e. The molecule has 124 valence electrons. The number of nitrogens with one attached hydrogen (secondary N) is 1. The van der Waals surface area contributed by atoms with Crippen LogP contribution < -0.4 is 10.2 Å². The molecule has 1 aromatic heterocycles. The number of anilines is 1. The smallest absolute Gasteiger partial charge is 0.227 e. The van der Waals surface area contributed by atoms with Crippen molar-refractivity contribution in [2.24, 2.45) is 5.92 Å². The number of carbonyl (C=O) groups is 2.